The van der Waals surface area contributed by atoms with Crippen molar-refractivity contribution in [3.8, 4) is 5.75 Å². The maximum Gasteiger partial charge on any atom is 0.124 e. The van der Waals surface area contributed by atoms with Gasteiger partial charge in [0.25, 0.3) is 0 Å². The summed E-state index contributed by atoms with van der Waals surface area (Å²) in [6.45, 7) is 4.55. The Balaban J connectivity index is 2.11. The fourth-order valence-electron chi connectivity index (χ4n) is 2.04. The molecule has 106 valence electrons. The van der Waals surface area contributed by atoms with Crippen LogP contribution in [0.1, 0.15) is 35.2 Å². The van der Waals surface area contributed by atoms with Crippen LogP contribution in [0.3, 0.4) is 0 Å². The predicted molar refractivity (Wildman–Crippen MR) is 80.5 cm³/mol. The number of rotatable bonds is 5. The largest absolute Gasteiger partial charge is 0.489 e. The maximum atomic E-state index is 9.02. The number of benzene rings is 2. The molecule has 3 N–H and O–H groups in total. The van der Waals surface area contributed by atoms with Gasteiger partial charge >= 0.3 is 0 Å². The third-order valence-electron chi connectivity index (χ3n) is 3.26. The van der Waals surface area contributed by atoms with Crippen LogP contribution in [0, 0.1) is 6.92 Å². The average Bonchev–Trinajstić information content (AvgIpc) is 2.45. The molecule has 0 spiro atoms. The molecule has 2 aromatic rings. The van der Waals surface area contributed by atoms with Crippen LogP contribution in [0.15, 0.2) is 42.5 Å². The van der Waals surface area contributed by atoms with E-state index in [1.165, 1.54) is 0 Å². The Labute approximate surface area is 120 Å². The Morgan fingerprint density at radius 2 is 1.75 bits per heavy atom. The number of hydrogen-bond donors (Lipinski definition) is 2. The van der Waals surface area contributed by atoms with Crippen LogP contribution in [0.25, 0.3) is 0 Å². The Bertz CT molecular complexity index is 562. The van der Waals surface area contributed by atoms with Crippen molar-refractivity contribution < 1.29 is 9.84 Å². The minimum atomic E-state index is -0.0534. The van der Waals surface area contributed by atoms with E-state index in [4.69, 9.17) is 15.6 Å². The van der Waals surface area contributed by atoms with Gasteiger partial charge < -0.3 is 15.6 Å². The van der Waals surface area contributed by atoms with Crippen molar-refractivity contribution in [1.82, 2.24) is 0 Å². The molecule has 0 fully saturated rings. The van der Waals surface area contributed by atoms with Gasteiger partial charge in [-0.15, -0.1) is 0 Å². The number of ether oxygens (including phenoxy) is 1. The molecule has 0 amide bonds. The first-order valence-corrected chi connectivity index (χ1v) is 6.77. The van der Waals surface area contributed by atoms with E-state index in [2.05, 4.69) is 0 Å². The van der Waals surface area contributed by atoms with Gasteiger partial charge in [-0.3, -0.25) is 0 Å². The highest BCUT2D eigenvalue weighted by atomic mass is 16.5. The van der Waals surface area contributed by atoms with Crippen molar-refractivity contribution in [2.45, 2.75) is 33.1 Å². The second kappa shape index (κ2) is 6.55. The molecular weight excluding hydrogens is 250 g/mol. The third-order valence-corrected chi connectivity index (χ3v) is 3.26. The van der Waals surface area contributed by atoms with Gasteiger partial charge in [0.2, 0.25) is 0 Å². The first-order valence-electron chi connectivity index (χ1n) is 6.77. The molecule has 0 aromatic heterocycles. The highest BCUT2D eigenvalue weighted by Crippen LogP contribution is 2.26. The lowest BCUT2D eigenvalue weighted by Gasteiger charge is -2.15. The molecule has 0 radical (unpaired) electrons. The van der Waals surface area contributed by atoms with Crippen molar-refractivity contribution in [2.24, 2.45) is 5.73 Å². The summed E-state index contributed by atoms with van der Waals surface area (Å²) in [5.74, 6) is 0.839. The highest BCUT2D eigenvalue weighted by molar-refractivity contribution is 5.39. The Morgan fingerprint density at radius 3 is 2.35 bits per heavy atom. The lowest BCUT2D eigenvalue weighted by atomic mass is 10.1. The van der Waals surface area contributed by atoms with Crippen molar-refractivity contribution in [3.05, 3.63) is 64.7 Å². The van der Waals surface area contributed by atoms with Crippen molar-refractivity contribution in [2.75, 3.05) is 0 Å². The van der Waals surface area contributed by atoms with Gasteiger partial charge in [-0.2, -0.15) is 0 Å². The summed E-state index contributed by atoms with van der Waals surface area (Å²) in [6, 6.07) is 13.8. The molecule has 3 heteroatoms. The van der Waals surface area contributed by atoms with Gasteiger partial charge in [0.15, 0.2) is 0 Å². The van der Waals surface area contributed by atoms with Gasteiger partial charge in [0.05, 0.1) is 6.61 Å². The van der Waals surface area contributed by atoms with Crippen molar-refractivity contribution in [3.63, 3.8) is 0 Å². The molecule has 0 aliphatic carbocycles. The summed E-state index contributed by atoms with van der Waals surface area (Å²) in [5, 5.41) is 9.02. The van der Waals surface area contributed by atoms with E-state index < -0.39 is 0 Å². The number of hydrogen-bond acceptors (Lipinski definition) is 3. The molecule has 3 nitrogen and oxygen atoms in total. The second-order valence-electron chi connectivity index (χ2n) is 5.09. The van der Waals surface area contributed by atoms with Gasteiger partial charge in [-0.1, -0.05) is 36.4 Å². The lowest BCUT2D eigenvalue weighted by Crippen LogP contribution is -2.08. The van der Waals surface area contributed by atoms with E-state index >= 15 is 0 Å². The van der Waals surface area contributed by atoms with Crippen LogP contribution in [-0.4, -0.2) is 5.11 Å². The molecule has 20 heavy (non-hydrogen) atoms. The van der Waals surface area contributed by atoms with E-state index in [9.17, 15) is 0 Å². The van der Waals surface area contributed by atoms with Gasteiger partial charge in [-0.25, -0.2) is 0 Å². The monoisotopic (exact) mass is 271 g/mol. The third kappa shape index (κ3) is 3.59. The highest BCUT2D eigenvalue weighted by Gasteiger charge is 2.08. The minimum Gasteiger partial charge on any atom is -0.489 e. The first kappa shape index (κ1) is 14.6. The number of aliphatic hydroxyl groups is 1. The Morgan fingerprint density at radius 1 is 1.10 bits per heavy atom. The zero-order chi connectivity index (χ0) is 14.5. The van der Waals surface area contributed by atoms with E-state index in [-0.39, 0.29) is 12.6 Å². The summed E-state index contributed by atoms with van der Waals surface area (Å²) >= 11 is 0. The van der Waals surface area contributed by atoms with Crippen LogP contribution >= 0.6 is 0 Å². The molecule has 0 bridgehead atoms. The molecular formula is C17H21NO2. The van der Waals surface area contributed by atoms with Gasteiger partial charge in [-0.05, 0) is 36.6 Å². The molecule has 1 unspecified atom stereocenters. The van der Waals surface area contributed by atoms with E-state index in [0.717, 1.165) is 28.0 Å². The van der Waals surface area contributed by atoms with Crippen molar-refractivity contribution in [1.29, 1.82) is 0 Å². The zero-order valence-corrected chi connectivity index (χ0v) is 12.0. The summed E-state index contributed by atoms with van der Waals surface area (Å²) in [4.78, 5) is 0. The summed E-state index contributed by atoms with van der Waals surface area (Å²) in [6.07, 6.45) is 0. The molecule has 2 aromatic carbocycles. The topological polar surface area (TPSA) is 55.5 Å². The standard InChI is InChI=1S/C17H21NO2/c1-12-3-8-16(13(2)18)17(9-12)20-11-15-6-4-14(10-19)5-7-15/h3-9,13,19H,10-11,18H2,1-2H3. The predicted octanol–water partition coefficient (Wildman–Crippen LogP) is 3.09. The van der Waals surface area contributed by atoms with Crippen LogP contribution in [0.2, 0.25) is 0 Å². The van der Waals surface area contributed by atoms with Crippen LogP contribution in [0.5, 0.6) is 5.75 Å². The summed E-state index contributed by atoms with van der Waals surface area (Å²) < 4.78 is 5.90. The molecule has 0 aliphatic rings. The smallest absolute Gasteiger partial charge is 0.124 e. The molecule has 1 atom stereocenters. The Kier molecular flexibility index (Phi) is 4.77. The summed E-state index contributed by atoms with van der Waals surface area (Å²) in [7, 11) is 0. The first-order chi connectivity index (χ1) is 9.60. The molecule has 2 rings (SSSR count). The quantitative estimate of drug-likeness (QED) is 0.878. The van der Waals surface area contributed by atoms with Crippen LogP contribution in [0.4, 0.5) is 0 Å². The molecule has 0 heterocycles. The van der Waals surface area contributed by atoms with E-state index in [0.29, 0.717) is 6.61 Å². The summed E-state index contributed by atoms with van der Waals surface area (Å²) in [5.41, 5.74) is 10.1. The van der Waals surface area contributed by atoms with Gasteiger partial charge in [0, 0.05) is 11.6 Å². The normalized spacial score (nSPS) is 12.2. The molecule has 0 saturated carbocycles. The second-order valence-corrected chi connectivity index (χ2v) is 5.09. The maximum absolute atomic E-state index is 9.02. The fourth-order valence-corrected chi connectivity index (χ4v) is 2.04. The van der Waals surface area contributed by atoms with E-state index in [1.54, 1.807) is 0 Å². The van der Waals surface area contributed by atoms with Crippen molar-refractivity contribution >= 4 is 0 Å². The lowest BCUT2D eigenvalue weighted by molar-refractivity contribution is 0.281. The van der Waals surface area contributed by atoms with Gasteiger partial charge in [0.1, 0.15) is 12.4 Å². The minimum absolute atomic E-state index is 0.0534. The fraction of sp³-hybridized carbons (Fsp3) is 0.294. The zero-order valence-electron chi connectivity index (χ0n) is 12.0. The number of aliphatic hydroxyl groups excluding tert-OH is 1. The Hall–Kier alpha value is -1.84. The molecule has 0 saturated heterocycles. The number of nitrogens with two attached hydrogens (primary N) is 1. The van der Waals surface area contributed by atoms with Crippen LogP contribution < -0.4 is 10.5 Å². The van der Waals surface area contributed by atoms with E-state index in [1.807, 2.05) is 56.3 Å². The number of aryl methyl sites for hydroxylation is 1. The van der Waals surface area contributed by atoms with Crippen LogP contribution in [-0.2, 0) is 13.2 Å². The molecule has 0 aliphatic heterocycles. The SMILES string of the molecule is Cc1ccc(C(C)N)c(OCc2ccc(CO)cc2)c1. The average molecular weight is 271 g/mol.